The molecule has 0 saturated carbocycles. The molecule has 0 heterocycles. The van der Waals surface area contributed by atoms with Gasteiger partial charge in [0.2, 0.25) is 0 Å². The van der Waals surface area contributed by atoms with Gasteiger partial charge in [0, 0.05) is 17.7 Å². The molecule has 0 radical (unpaired) electrons. The summed E-state index contributed by atoms with van der Waals surface area (Å²) in [6.45, 7) is 2.09. The third-order valence-corrected chi connectivity index (χ3v) is 3.85. The second-order valence-electron chi connectivity index (χ2n) is 5.21. The highest BCUT2D eigenvalue weighted by atomic mass is 16.4. The third-order valence-electron chi connectivity index (χ3n) is 3.85. The number of nitrogen functional groups attached to an aromatic ring is 1. The average molecular weight is 283 g/mol. The van der Waals surface area contributed by atoms with Gasteiger partial charge in [-0.3, -0.25) is 4.79 Å². The van der Waals surface area contributed by atoms with Crippen LogP contribution in [0.5, 0.6) is 0 Å². The summed E-state index contributed by atoms with van der Waals surface area (Å²) in [6.07, 6.45) is 1.75. The molecular formula is C18H21NO2. The van der Waals surface area contributed by atoms with E-state index in [4.69, 9.17) is 10.8 Å². The number of benzene rings is 2. The molecule has 2 aromatic carbocycles. The summed E-state index contributed by atoms with van der Waals surface area (Å²) in [5, 5.41) is 8.92. The summed E-state index contributed by atoms with van der Waals surface area (Å²) in [6, 6.07) is 15.9. The molecule has 2 aromatic rings. The molecule has 3 N–H and O–H groups in total. The Bertz CT molecular complexity index is 622. The highest BCUT2D eigenvalue weighted by Gasteiger charge is 2.16. The molecule has 0 amide bonds. The van der Waals surface area contributed by atoms with Crippen molar-refractivity contribution in [1.82, 2.24) is 0 Å². The lowest BCUT2D eigenvalue weighted by molar-refractivity contribution is -0.137. The van der Waals surface area contributed by atoms with Crippen LogP contribution in [-0.2, 0) is 4.79 Å². The van der Waals surface area contributed by atoms with Gasteiger partial charge < -0.3 is 10.8 Å². The van der Waals surface area contributed by atoms with E-state index < -0.39 is 5.97 Å². The first-order valence-electron chi connectivity index (χ1n) is 7.29. The molecule has 21 heavy (non-hydrogen) atoms. The van der Waals surface area contributed by atoms with Crippen molar-refractivity contribution in [2.24, 2.45) is 0 Å². The smallest absolute Gasteiger partial charge is 0.303 e. The number of hydrogen-bond donors (Lipinski definition) is 2. The molecule has 0 aliphatic carbocycles. The Labute approximate surface area is 125 Å². The van der Waals surface area contributed by atoms with Crippen molar-refractivity contribution >= 4 is 11.7 Å². The number of hydrogen-bond acceptors (Lipinski definition) is 2. The number of carboxylic acid groups (broad SMARTS) is 1. The number of carbonyl (C=O) groups is 1. The second kappa shape index (κ2) is 6.93. The van der Waals surface area contributed by atoms with Crippen LogP contribution in [0, 0.1) is 0 Å². The number of carboxylic acids is 1. The molecule has 0 fully saturated rings. The van der Waals surface area contributed by atoms with Crippen molar-refractivity contribution in [3.05, 3.63) is 54.1 Å². The zero-order valence-electron chi connectivity index (χ0n) is 12.3. The maximum absolute atomic E-state index is 10.8. The lowest BCUT2D eigenvalue weighted by atomic mass is 9.86. The summed E-state index contributed by atoms with van der Waals surface area (Å²) >= 11 is 0. The van der Waals surface area contributed by atoms with Gasteiger partial charge in [0.05, 0.1) is 0 Å². The van der Waals surface area contributed by atoms with E-state index in [2.05, 4.69) is 19.1 Å². The molecular weight excluding hydrogens is 262 g/mol. The minimum absolute atomic E-state index is 0.192. The van der Waals surface area contributed by atoms with Crippen LogP contribution < -0.4 is 5.73 Å². The fourth-order valence-electron chi connectivity index (χ4n) is 2.72. The summed E-state index contributed by atoms with van der Waals surface area (Å²) in [5.41, 5.74) is 10.1. The van der Waals surface area contributed by atoms with Crippen LogP contribution in [0.15, 0.2) is 48.5 Å². The van der Waals surface area contributed by atoms with E-state index in [-0.39, 0.29) is 12.3 Å². The van der Waals surface area contributed by atoms with Gasteiger partial charge in [-0.1, -0.05) is 49.4 Å². The normalized spacial score (nSPS) is 12.0. The Morgan fingerprint density at radius 1 is 1.10 bits per heavy atom. The van der Waals surface area contributed by atoms with Crippen molar-refractivity contribution in [2.45, 2.75) is 32.1 Å². The van der Waals surface area contributed by atoms with E-state index in [1.165, 1.54) is 5.56 Å². The van der Waals surface area contributed by atoms with Crippen LogP contribution in [-0.4, -0.2) is 11.1 Å². The Kier molecular flexibility index (Phi) is 4.99. The first kappa shape index (κ1) is 15.1. The first-order chi connectivity index (χ1) is 10.1. The van der Waals surface area contributed by atoms with Crippen molar-refractivity contribution in [1.29, 1.82) is 0 Å². The van der Waals surface area contributed by atoms with Crippen LogP contribution in [0.4, 0.5) is 5.69 Å². The van der Waals surface area contributed by atoms with E-state index in [9.17, 15) is 4.79 Å². The van der Waals surface area contributed by atoms with Gasteiger partial charge in [-0.2, -0.15) is 0 Å². The summed E-state index contributed by atoms with van der Waals surface area (Å²) in [4.78, 5) is 10.8. The molecule has 110 valence electrons. The fraction of sp³-hybridized carbons (Fsp3) is 0.278. The minimum Gasteiger partial charge on any atom is -0.481 e. The monoisotopic (exact) mass is 283 g/mol. The molecule has 3 heteroatoms. The highest BCUT2D eigenvalue weighted by molar-refractivity contribution is 5.78. The van der Waals surface area contributed by atoms with E-state index in [0.29, 0.717) is 6.42 Å². The first-order valence-corrected chi connectivity index (χ1v) is 7.29. The molecule has 2 rings (SSSR count). The summed E-state index contributed by atoms with van der Waals surface area (Å²) in [7, 11) is 0. The Balaban J connectivity index is 2.40. The molecule has 0 aromatic heterocycles. The SMILES string of the molecule is CCC(CCC(=O)O)c1ccccc1-c1ccccc1N. The van der Waals surface area contributed by atoms with Crippen LogP contribution in [0.3, 0.4) is 0 Å². The minimum atomic E-state index is -0.745. The Morgan fingerprint density at radius 2 is 1.71 bits per heavy atom. The second-order valence-corrected chi connectivity index (χ2v) is 5.21. The van der Waals surface area contributed by atoms with Gasteiger partial charge >= 0.3 is 5.97 Å². The third kappa shape index (κ3) is 3.63. The van der Waals surface area contributed by atoms with Gasteiger partial charge in [-0.25, -0.2) is 0 Å². The molecule has 0 spiro atoms. The molecule has 0 aliphatic rings. The predicted molar refractivity (Wildman–Crippen MR) is 86.2 cm³/mol. The van der Waals surface area contributed by atoms with Crippen LogP contribution in [0.2, 0.25) is 0 Å². The molecule has 0 aliphatic heterocycles. The molecule has 0 saturated heterocycles. The van der Waals surface area contributed by atoms with Crippen molar-refractivity contribution in [3.63, 3.8) is 0 Å². The van der Waals surface area contributed by atoms with Crippen LogP contribution >= 0.6 is 0 Å². The lowest BCUT2D eigenvalue weighted by Crippen LogP contribution is -2.04. The number of nitrogens with two attached hydrogens (primary N) is 1. The summed E-state index contributed by atoms with van der Waals surface area (Å²) in [5.74, 6) is -0.512. The zero-order valence-corrected chi connectivity index (χ0v) is 12.3. The lowest BCUT2D eigenvalue weighted by Gasteiger charge is -2.19. The van der Waals surface area contributed by atoms with Crippen molar-refractivity contribution in [3.8, 4) is 11.1 Å². The summed E-state index contributed by atoms with van der Waals surface area (Å²) < 4.78 is 0. The van der Waals surface area contributed by atoms with E-state index in [1.807, 2.05) is 36.4 Å². The van der Waals surface area contributed by atoms with Crippen molar-refractivity contribution in [2.75, 3.05) is 5.73 Å². The molecule has 1 atom stereocenters. The maximum Gasteiger partial charge on any atom is 0.303 e. The van der Waals surface area contributed by atoms with E-state index >= 15 is 0 Å². The number of anilines is 1. The van der Waals surface area contributed by atoms with Gasteiger partial charge in [-0.15, -0.1) is 0 Å². The average Bonchev–Trinajstić information content (AvgIpc) is 2.49. The Hall–Kier alpha value is -2.29. The van der Waals surface area contributed by atoms with Gasteiger partial charge in [0.1, 0.15) is 0 Å². The standard InChI is InChI=1S/C18H21NO2/c1-2-13(11-12-18(20)21)14-7-3-4-8-15(14)16-9-5-6-10-17(16)19/h3-10,13H,2,11-12,19H2,1H3,(H,20,21). The van der Waals surface area contributed by atoms with E-state index in [0.717, 1.165) is 23.2 Å². The molecule has 0 bridgehead atoms. The fourth-order valence-corrected chi connectivity index (χ4v) is 2.72. The van der Waals surface area contributed by atoms with Gasteiger partial charge in [0.25, 0.3) is 0 Å². The number of rotatable bonds is 6. The van der Waals surface area contributed by atoms with Crippen LogP contribution in [0.1, 0.15) is 37.7 Å². The topological polar surface area (TPSA) is 63.3 Å². The van der Waals surface area contributed by atoms with Gasteiger partial charge in [-0.05, 0) is 36.0 Å². The maximum atomic E-state index is 10.8. The van der Waals surface area contributed by atoms with E-state index in [1.54, 1.807) is 0 Å². The zero-order chi connectivity index (χ0) is 15.2. The molecule has 1 unspecified atom stereocenters. The van der Waals surface area contributed by atoms with Crippen LogP contribution in [0.25, 0.3) is 11.1 Å². The highest BCUT2D eigenvalue weighted by Crippen LogP contribution is 2.35. The Morgan fingerprint density at radius 3 is 2.33 bits per heavy atom. The predicted octanol–water partition coefficient (Wildman–Crippen LogP) is 4.29. The number of para-hydroxylation sites is 1. The largest absolute Gasteiger partial charge is 0.481 e. The van der Waals surface area contributed by atoms with Gasteiger partial charge in [0.15, 0.2) is 0 Å². The number of aliphatic carboxylic acids is 1. The molecule has 3 nitrogen and oxygen atoms in total. The van der Waals surface area contributed by atoms with Crippen molar-refractivity contribution < 1.29 is 9.90 Å². The quantitative estimate of drug-likeness (QED) is 0.777.